The third-order valence-corrected chi connectivity index (χ3v) is 8.70. The summed E-state index contributed by atoms with van der Waals surface area (Å²) in [6.07, 6.45) is -3.26. The van der Waals surface area contributed by atoms with Gasteiger partial charge in [0.15, 0.2) is 11.0 Å². The van der Waals surface area contributed by atoms with E-state index >= 15 is 0 Å². The minimum Gasteiger partial charge on any atom is -0.497 e. The monoisotopic (exact) mass is 652 g/mol. The molecule has 3 aromatic carbocycles. The smallest absolute Gasteiger partial charge is 0.497 e. The van der Waals surface area contributed by atoms with Gasteiger partial charge in [-0.2, -0.15) is 4.99 Å². The Morgan fingerprint density at radius 1 is 1.00 bits per heavy atom. The Morgan fingerprint density at radius 2 is 1.70 bits per heavy atom. The van der Waals surface area contributed by atoms with Gasteiger partial charge in [0.2, 0.25) is 0 Å². The third kappa shape index (κ3) is 7.82. The molecule has 2 amide bonds. The molecule has 0 spiro atoms. The number of ether oxygens (including phenoxy) is 2. The highest BCUT2D eigenvalue weighted by atomic mass is 32.2. The lowest BCUT2D eigenvalue weighted by Crippen LogP contribution is -2.36. The van der Waals surface area contributed by atoms with Crippen LogP contribution in [0.4, 0.5) is 23.7 Å². The number of alkyl halides is 3. The van der Waals surface area contributed by atoms with Crippen LogP contribution in [0.3, 0.4) is 0 Å². The van der Waals surface area contributed by atoms with Gasteiger partial charge < -0.3 is 19.7 Å². The van der Waals surface area contributed by atoms with Crippen LogP contribution in [0.15, 0.2) is 78.0 Å². The van der Waals surface area contributed by atoms with Gasteiger partial charge in [0.1, 0.15) is 17.8 Å². The van der Waals surface area contributed by atoms with Gasteiger partial charge in [-0.05, 0) is 54.3 Å². The van der Waals surface area contributed by atoms with Gasteiger partial charge in [-0.15, -0.1) is 18.3 Å². The first-order valence-electron chi connectivity index (χ1n) is 14.8. The Bertz CT molecular complexity index is 1690. The molecule has 4 aromatic rings. The SMILES string of the molecule is COc1ccc(C(C)C)c(N2CCS/C2=N\C(=O)NC(C)C(C)c2ccc(-c3ncn(-c4ccc(OC(F)(F)F)cc4)n3)cc2)c1. The summed E-state index contributed by atoms with van der Waals surface area (Å²) in [7, 11) is 1.64. The van der Waals surface area contributed by atoms with Crippen molar-refractivity contribution in [2.75, 3.05) is 24.3 Å². The fraction of sp³-hybridized carbons (Fsp3) is 0.333. The van der Waals surface area contributed by atoms with Gasteiger partial charge in [-0.25, -0.2) is 14.5 Å². The summed E-state index contributed by atoms with van der Waals surface area (Å²) in [5.74, 6) is 2.01. The number of amidine groups is 1. The number of methoxy groups -OCH3 is 1. The first kappa shape index (κ1) is 32.9. The number of rotatable bonds is 9. The summed E-state index contributed by atoms with van der Waals surface area (Å²) >= 11 is 1.56. The van der Waals surface area contributed by atoms with Gasteiger partial charge in [0.05, 0.1) is 12.8 Å². The van der Waals surface area contributed by atoms with Crippen LogP contribution in [0.2, 0.25) is 0 Å². The van der Waals surface area contributed by atoms with E-state index in [4.69, 9.17) is 4.74 Å². The summed E-state index contributed by atoms with van der Waals surface area (Å²) in [6.45, 7) is 9.01. The molecule has 1 fully saturated rings. The zero-order chi connectivity index (χ0) is 33.0. The Kier molecular flexibility index (Phi) is 9.90. The number of nitrogens with zero attached hydrogens (tertiary/aromatic N) is 5. The number of halogens is 3. The van der Waals surface area contributed by atoms with E-state index in [-0.39, 0.29) is 17.7 Å². The predicted octanol–water partition coefficient (Wildman–Crippen LogP) is 7.78. The van der Waals surface area contributed by atoms with Crippen molar-refractivity contribution in [3.8, 4) is 28.6 Å². The quantitative estimate of drug-likeness (QED) is 0.197. The molecular weight excluding hydrogens is 617 g/mol. The maximum atomic E-state index is 13.1. The van der Waals surface area contributed by atoms with Crippen LogP contribution in [0.25, 0.3) is 17.1 Å². The van der Waals surface area contributed by atoms with Crippen LogP contribution in [-0.4, -0.2) is 57.8 Å². The number of carbonyl (C=O) groups is 1. The van der Waals surface area contributed by atoms with E-state index in [1.165, 1.54) is 35.3 Å². The average Bonchev–Trinajstić information content (AvgIpc) is 3.70. The average molecular weight is 653 g/mol. The molecule has 5 rings (SSSR count). The normalized spacial score (nSPS) is 15.7. The molecule has 1 N–H and O–H groups in total. The second kappa shape index (κ2) is 13.9. The molecule has 0 radical (unpaired) electrons. The number of hydrogen-bond donors (Lipinski definition) is 1. The Morgan fingerprint density at radius 3 is 2.35 bits per heavy atom. The largest absolute Gasteiger partial charge is 0.573 e. The number of anilines is 1. The number of aliphatic imine (C=N–C) groups is 1. The number of amides is 2. The van der Waals surface area contributed by atoms with E-state index in [1.807, 2.05) is 50.2 Å². The molecule has 0 bridgehead atoms. The molecular formula is C33H35F3N6O3S. The van der Waals surface area contributed by atoms with Gasteiger partial charge in [0, 0.05) is 41.6 Å². The summed E-state index contributed by atoms with van der Waals surface area (Å²) < 4.78 is 48.2. The van der Waals surface area contributed by atoms with Crippen molar-refractivity contribution >= 4 is 28.6 Å². The fourth-order valence-corrected chi connectivity index (χ4v) is 6.02. The second-order valence-electron chi connectivity index (χ2n) is 11.2. The number of urea groups is 1. The summed E-state index contributed by atoms with van der Waals surface area (Å²) in [5, 5.41) is 8.16. The van der Waals surface area contributed by atoms with E-state index in [2.05, 4.69) is 49.9 Å². The molecule has 0 aliphatic carbocycles. The Labute approximate surface area is 269 Å². The lowest BCUT2D eigenvalue weighted by molar-refractivity contribution is -0.274. The van der Waals surface area contributed by atoms with Crippen LogP contribution >= 0.6 is 11.8 Å². The highest BCUT2D eigenvalue weighted by molar-refractivity contribution is 8.14. The Hall–Kier alpha value is -4.52. The van der Waals surface area contributed by atoms with Crippen LogP contribution in [0, 0.1) is 0 Å². The highest BCUT2D eigenvalue weighted by Crippen LogP contribution is 2.35. The number of nitrogens with one attached hydrogen (secondary N) is 1. The van der Waals surface area contributed by atoms with Gasteiger partial charge in [-0.1, -0.05) is 62.9 Å². The first-order chi connectivity index (χ1) is 21.9. The highest BCUT2D eigenvalue weighted by Gasteiger charge is 2.31. The lowest BCUT2D eigenvalue weighted by Gasteiger charge is -2.24. The van der Waals surface area contributed by atoms with E-state index in [0.717, 1.165) is 40.4 Å². The zero-order valence-corrected chi connectivity index (χ0v) is 26.9. The Balaban J connectivity index is 1.22. The first-order valence-corrected chi connectivity index (χ1v) is 15.8. The minimum atomic E-state index is -4.75. The predicted molar refractivity (Wildman–Crippen MR) is 174 cm³/mol. The number of thioether (sulfide) groups is 1. The molecule has 1 aliphatic heterocycles. The van der Waals surface area contributed by atoms with Crippen molar-refractivity contribution in [1.29, 1.82) is 0 Å². The van der Waals surface area contributed by atoms with Gasteiger partial charge in [0.25, 0.3) is 0 Å². The van der Waals surface area contributed by atoms with E-state index in [1.54, 1.807) is 18.9 Å². The van der Waals surface area contributed by atoms with Crippen molar-refractivity contribution in [2.24, 2.45) is 4.99 Å². The second-order valence-corrected chi connectivity index (χ2v) is 12.2. The van der Waals surface area contributed by atoms with Crippen LogP contribution in [-0.2, 0) is 0 Å². The molecule has 9 nitrogen and oxygen atoms in total. The van der Waals surface area contributed by atoms with Crippen molar-refractivity contribution in [3.63, 3.8) is 0 Å². The van der Waals surface area contributed by atoms with Gasteiger partial charge in [-0.3, -0.25) is 0 Å². The van der Waals surface area contributed by atoms with Crippen LogP contribution in [0.1, 0.15) is 50.7 Å². The third-order valence-electron chi connectivity index (χ3n) is 7.75. The molecule has 2 atom stereocenters. The summed E-state index contributed by atoms with van der Waals surface area (Å²) in [6, 6.07) is 18.5. The van der Waals surface area contributed by atoms with Crippen molar-refractivity contribution < 1.29 is 27.4 Å². The standard InChI is InChI=1S/C33H35F3N6O3S/c1-20(2)28-15-14-27(44-5)18-29(28)41-16-17-46-32(41)39-31(43)38-22(4)21(3)23-6-8-24(9-7-23)30-37-19-42(40-30)25-10-12-26(13-11-25)45-33(34,35)36/h6-15,18-22H,16-17H2,1-5H3,(H,38,43)/b39-32-. The zero-order valence-electron chi connectivity index (χ0n) is 26.1. The molecule has 13 heteroatoms. The van der Waals surface area contributed by atoms with Crippen molar-refractivity contribution in [1.82, 2.24) is 20.1 Å². The van der Waals surface area contributed by atoms with Crippen molar-refractivity contribution in [3.05, 3.63) is 84.2 Å². The maximum absolute atomic E-state index is 13.1. The maximum Gasteiger partial charge on any atom is 0.573 e. The molecule has 1 aromatic heterocycles. The topological polar surface area (TPSA) is 93.9 Å². The molecule has 242 valence electrons. The number of carbonyl (C=O) groups excluding carboxylic acids is 1. The minimum absolute atomic E-state index is 0.0144. The van der Waals surface area contributed by atoms with E-state index < -0.39 is 12.4 Å². The molecule has 2 heterocycles. The van der Waals surface area contributed by atoms with E-state index in [0.29, 0.717) is 22.6 Å². The molecule has 1 aliphatic rings. The molecule has 1 saturated heterocycles. The molecule has 0 saturated carbocycles. The van der Waals surface area contributed by atoms with Gasteiger partial charge >= 0.3 is 12.4 Å². The van der Waals surface area contributed by atoms with E-state index in [9.17, 15) is 18.0 Å². The molecule has 2 unspecified atom stereocenters. The molecule has 46 heavy (non-hydrogen) atoms. The number of hydrogen-bond acceptors (Lipinski definition) is 6. The van der Waals surface area contributed by atoms with Crippen LogP contribution in [0.5, 0.6) is 11.5 Å². The van der Waals surface area contributed by atoms with Crippen molar-refractivity contribution in [2.45, 2.75) is 51.9 Å². The number of benzene rings is 3. The summed E-state index contributed by atoms with van der Waals surface area (Å²) in [4.78, 5) is 23.9. The van der Waals surface area contributed by atoms with Crippen LogP contribution < -0.4 is 19.7 Å². The summed E-state index contributed by atoms with van der Waals surface area (Å²) in [5.41, 5.74) is 4.48. The fourth-order valence-electron chi connectivity index (χ4n) is 5.07. The number of aromatic nitrogens is 3. The lowest BCUT2D eigenvalue weighted by atomic mass is 9.93.